The zero-order chi connectivity index (χ0) is 19.7. The molecular weight excluding hydrogens is 378 g/mol. The van der Waals surface area contributed by atoms with Crippen LogP contribution in [0.4, 0.5) is 5.69 Å². The van der Waals surface area contributed by atoms with Crippen molar-refractivity contribution in [3.05, 3.63) is 93.8 Å². The predicted molar refractivity (Wildman–Crippen MR) is 108 cm³/mol. The maximum absolute atomic E-state index is 12.0. The van der Waals surface area contributed by atoms with Crippen LogP contribution in [0, 0.1) is 0 Å². The second-order valence-corrected chi connectivity index (χ2v) is 6.82. The summed E-state index contributed by atoms with van der Waals surface area (Å²) in [4.78, 5) is 25.5. The van der Waals surface area contributed by atoms with Crippen molar-refractivity contribution in [1.29, 1.82) is 0 Å². The highest BCUT2D eigenvalue weighted by atomic mass is 32.2. The van der Waals surface area contributed by atoms with Crippen LogP contribution >= 0.6 is 0 Å². The van der Waals surface area contributed by atoms with Gasteiger partial charge in [-0.2, -0.15) is 0 Å². The van der Waals surface area contributed by atoms with Gasteiger partial charge in [0.05, 0.1) is 5.69 Å². The van der Waals surface area contributed by atoms with Crippen molar-refractivity contribution in [2.45, 2.75) is 0 Å². The molecule has 4 aromatic rings. The third kappa shape index (κ3) is 3.64. The minimum atomic E-state index is -2.37. The average Bonchev–Trinajstić information content (AvgIpc) is 2.67. The summed E-state index contributed by atoms with van der Waals surface area (Å²) in [6.45, 7) is 0. The van der Waals surface area contributed by atoms with E-state index in [9.17, 15) is 18.4 Å². The van der Waals surface area contributed by atoms with Crippen molar-refractivity contribution in [2.75, 3.05) is 4.72 Å². The Labute approximate surface area is 161 Å². The summed E-state index contributed by atoms with van der Waals surface area (Å²) in [5.41, 5.74) is 2.03. The fourth-order valence-corrected chi connectivity index (χ4v) is 3.36. The Balaban J connectivity index is 1.74. The molecule has 0 aliphatic carbocycles. The summed E-state index contributed by atoms with van der Waals surface area (Å²) < 4.78 is 25.3. The molecule has 1 aromatic heterocycles. The Bertz CT molecular complexity index is 1330. The van der Waals surface area contributed by atoms with Gasteiger partial charge in [-0.15, -0.1) is 0 Å². The highest BCUT2D eigenvalue weighted by Crippen LogP contribution is 2.27. The van der Waals surface area contributed by atoms with Crippen LogP contribution in [-0.2, 0) is 11.3 Å². The standard InChI is InChI=1S/C20H15N3O4S/c24-19-8-9-23(20(25)21-19)18-3-1-2-13(12-18)14-4-5-16-11-17(22-28(26)27)7-6-15(16)10-14/h1-12,22H,(H,26,27)(H,21,24,25)/p-1. The van der Waals surface area contributed by atoms with E-state index in [-0.39, 0.29) is 0 Å². The quantitative estimate of drug-likeness (QED) is 0.521. The molecule has 0 bridgehead atoms. The molecular formula is C20H14N3O4S-. The minimum absolute atomic E-state index is 0.443. The van der Waals surface area contributed by atoms with Crippen molar-refractivity contribution in [1.82, 2.24) is 9.55 Å². The summed E-state index contributed by atoms with van der Waals surface area (Å²) in [6.07, 6.45) is 1.44. The van der Waals surface area contributed by atoms with Crippen LogP contribution in [0.25, 0.3) is 27.6 Å². The van der Waals surface area contributed by atoms with Gasteiger partial charge in [0.1, 0.15) is 0 Å². The van der Waals surface area contributed by atoms with Crippen molar-refractivity contribution in [2.24, 2.45) is 0 Å². The molecule has 28 heavy (non-hydrogen) atoms. The number of H-pyrrole nitrogens is 1. The number of nitrogens with zero attached hydrogens (tertiary/aromatic N) is 1. The van der Waals surface area contributed by atoms with Gasteiger partial charge in [-0.05, 0) is 52.2 Å². The Morgan fingerprint density at radius 2 is 1.64 bits per heavy atom. The number of nitrogens with one attached hydrogen (secondary N) is 2. The smallest absolute Gasteiger partial charge is 0.332 e. The predicted octanol–water partition coefficient (Wildman–Crippen LogP) is 2.55. The first-order valence-corrected chi connectivity index (χ1v) is 9.40. The molecule has 2 N–H and O–H groups in total. The van der Waals surface area contributed by atoms with Gasteiger partial charge in [-0.3, -0.25) is 18.6 Å². The summed E-state index contributed by atoms with van der Waals surface area (Å²) in [5.74, 6) is 0. The molecule has 0 radical (unpaired) electrons. The fraction of sp³-hybridized carbons (Fsp3) is 0. The molecule has 0 aliphatic rings. The lowest BCUT2D eigenvalue weighted by Crippen LogP contribution is -2.27. The minimum Gasteiger partial charge on any atom is -0.755 e. The highest BCUT2D eigenvalue weighted by Gasteiger charge is 2.05. The van der Waals surface area contributed by atoms with Crippen LogP contribution in [-0.4, -0.2) is 18.3 Å². The van der Waals surface area contributed by atoms with Crippen molar-refractivity contribution in [3.63, 3.8) is 0 Å². The summed E-state index contributed by atoms with van der Waals surface area (Å²) in [6, 6.07) is 19.8. The van der Waals surface area contributed by atoms with Gasteiger partial charge < -0.3 is 9.27 Å². The number of benzene rings is 3. The molecule has 0 amide bonds. The number of anilines is 1. The van der Waals surface area contributed by atoms with Gasteiger partial charge in [0.2, 0.25) is 0 Å². The molecule has 0 fully saturated rings. The van der Waals surface area contributed by atoms with Crippen LogP contribution in [0.1, 0.15) is 0 Å². The number of fused-ring (bicyclic) bond motifs is 1. The van der Waals surface area contributed by atoms with E-state index < -0.39 is 22.5 Å². The number of rotatable bonds is 4. The van der Waals surface area contributed by atoms with E-state index in [1.54, 1.807) is 18.2 Å². The van der Waals surface area contributed by atoms with E-state index in [1.165, 1.54) is 16.8 Å². The van der Waals surface area contributed by atoms with E-state index in [1.807, 2.05) is 42.5 Å². The Hall–Kier alpha value is -3.49. The molecule has 1 atom stereocenters. The lowest BCUT2D eigenvalue weighted by atomic mass is 10.0. The van der Waals surface area contributed by atoms with Gasteiger partial charge >= 0.3 is 5.69 Å². The SMILES string of the molecule is O=c1ccn(-c2cccc(-c3ccc4cc(NS(=O)[O-])ccc4c3)c2)c(=O)[nH]1. The molecule has 1 unspecified atom stereocenters. The maximum Gasteiger partial charge on any atom is 0.332 e. The molecule has 3 aromatic carbocycles. The van der Waals surface area contributed by atoms with Crippen molar-refractivity contribution < 1.29 is 8.76 Å². The number of aromatic amines is 1. The highest BCUT2D eigenvalue weighted by molar-refractivity contribution is 7.80. The van der Waals surface area contributed by atoms with Crippen LogP contribution in [0.15, 0.2) is 82.5 Å². The van der Waals surface area contributed by atoms with Crippen molar-refractivity contribution in [3.8, 4) is 16.8 Å². The second-order valence-electron chi connectivity index (χ2n) is 6.14. The van der Waals surface area contributed by atoms with Gasteiger partial charge in [-0.1, -0.05) is 30.3 Å². The lowest BCUT2D eigenvalue weighted by molar-refractivity contribution is 0.542. The summed E-state index contributed by atoms with van der Waals surface area (Å²) in [7, 11) is 0. The topological polar surface area (TPSA) is 107 Å². The summed E-state index contributed by atoms with van der Waals surface area (Å²) in [5, 5.41) is 1.85. The number of hydrogen-bond donors (Lipinski definition) is 2. The van der Waals surface area contributed by atoms with Gasteiger partial charge in [0.25, 0.3) is 5.56 Å². The van der Waals surface area contributed by atoms with Gasteiger partial charge in [0.15, 0.2) is 0 Å². The molecule has 0 spiro atoms. The first-order valence-electron chi connectivity index (χ1n) is 8.32. The Morgan fingerprint density at radius 3 is 2.43 bits per heavy atom. The first kappa shape index (κ1) is 17.9. The average molecular weight is 392 g/mol. The monoisotopic (exact) mass is 392 g/mol. The lowest BCUT2D eigenvalue weighted by Gasteiger charge is -2.11. The molecule has 0 saturated carbocycles. The van der Waals surface area contributed by atoms with Crippen LogP contribution < -0.4 is 16.0 Å². The third-order valence-corrected chi connectivity index (χ3v) is 4.73. The van der Waals surface area contributed by atoms with E-state index in [2.05, 4.69) is 9.71 Å². The zero-order valence-electron chi connectivity index (χ0n) is 14.4. The van der Waals surface area contributed by atoms with Crippen LogP contribution in [0.2, 0.25) is 0 Å². The number of hydrogen-bond acceptors (Lipinski definition) is 4. The van der Waals surface area contributed by atoms with E-state index >= 15 is 0 Å². The van der Waals surface area contributed by atoms with Gasteiger partial charge in [-0.25, -0.2) is 4.79 Å². The molecule has 140 valence electrons. The second kappa shape index (κ2) is 7.26. The fourth-order valence-electron chi connectivity index (χ4n) is 3.04. The normalized spacial score (nSPS) is 12.0. The largest absolute Gasteiger partial charge is 0.755 e. The third-order valence-electron chi connectivity index (χ3n) is 4.32. The Kier molecular flexibility index (Phi) is 4.64. The van der Waals surface area contributed by atoms with Crippen LogP contribution in [0.3, 0.4) is 0 Å². The molecule has 7 nitrogen and oxygen atoms in total. The van der Waals surface area contributed by atoms with Crippen LogP contribution in [0.5, 0.6) is 0 Å². The number of aromatic nitrogens is 2. The Morgan fingerprint density at radius 1 is 0.893 bits per heavy atom. The zero-order valence-corrected chi connectivity index (χ0v) is 15.2. The first-order chi connectivity index (χ1) is 13.5. The van der Waals surface area contributed by atoms with E-state index in [0.29, 0.717) is 11.4 Å². The van der Waals surface area contributed by atoms with Gasteiger partial charge in [0, 0.05) is 29.2 Å². The molecule has 0 saturated heterocycles. The molecule has 8 heteroatoms. The van der Waals surface area contributed by atoms with E-state index in [0.717, 1.165) is 21.9 Å². The van der Waals surface area contributed by atoms with E-state index in [4.69, 9.17) is 0 Å². The summed E-state index contributed by atoms with van der Waals surface area (Å²) >= 11 is -2.37. The van der Waals surface area contributed by atoms with Crippen molar-refractivity contribution >= 4 is 27.7 Å². The maximum atomic E-state index is 12.0. The molecule has 1 heterocycles. The molecule has 0 aliphatic heterocycles. The molecule has 4 rings (SSSR count).